The van der Waals surface area contributed by atoms with Gasteiger partial charge in [-0.3, -0.25) is 4.98 Å². The number of rotatable bonds is 5. The number of methoxy groups -OCH3 is 1. The molecule has 0 saturated carbocycles. The van der Waals surface area contributed by atoms with E-state index in [4.69, 9.17) is 4.74 Å². The summed E-state index contributed by atoms with van der Waals surface area (Å²) < 4.78 is 9.29. The molecule has 0 aliphatic heterocycles. The van der Waals surface area contributed by atoms with Crippen LogP contribution in [0.5, 0.6) is 0 Å². The van der Waals surface area contributed by atoms with Gasteiger partial charge in [0.1, 0.15) is 0 Å². The van der Waals surface area contributed by atoms with Crippen LogP contribution in [0.3, 0.4) is 0 Å². The van der Waals surface area contributed by atoms with Gasteiger partial charge in [0.15, 0.2) is 5.82 Å². The number of hydrogen-bond acceptors (Lipinski definition) is 6. The Labute approximate surface area is 104 Å². The molecular weight excluding hydrogens is 236 g/mol. The van der Waals surface area contributed by atoms with Crippen LogP contribution in [0.15, 0.2) is 18.5 Å². The van der Waals surface area contributed by atoms with Gasteiger partial charge in [0.2, 0.25) is 5.13 Å². The van der Waals surface area contributed by atoms with Gasteiger partial charge in [0, 0.05) is 43.1 Å². The fourth-order valence-corrected chi connectivity index (χ4v) is 2.00. The first kappa shape index (κ1) is 11.9. The van der Waals surface area contributed by atoms with Crippen molar-refractivity contribution in [3.05, 3.63) is 24.0 Å². The zero-order valence-electron chi connectivity index (χ0n) is 9.80. The lowest BCUT2D eigenvalue weighted by Gasteiger charge is -2.00. The number of nitrogens with one attached hydrogen (secondary N) is 1. The molecule has 1 N–H and O–H groups in total. The normalized spacial score (nSPS) is 10.5. The van der Waals surface area contributed by atoms with Crippen LogP contribution in [0.4, 0.5) is 5.13 Å². The molecule has 0 saturated heterocycles. The lowest BCUT2D eigenvalue weighted by molar-refractivity contribution is 0.211. The summed E-state index contributed by atoms with van der Waals surface area (Å²) in [6.45, 7) is 3.39. The highest BCUT2D eigenvalue weighted by atomic mass is 32.1. The molecule has 0 bridgehead atoms. The van der Waals surface area contributed by atoms with Gasteiger partial charge in [0.25, 0.3) is 0 Å². The maximum Gasteiger partial charge on any atom is 0.202 e. The second-order valence-electron chi connectivity index (χ2n) is 3.53. The van der Waals surface area contributed by atoms with E-state index in [1.807, 2.05) is 19.2 Å². The van der Waals surface area contributed by atoms with Crippen LogP contribution in [0.2, 0.25) is 0 Å². The van der Waals surface area contributed by atoms with E-state index < -0.39 is 0 Å². The molecule has 17 heavy (non-hydrogen) atoms. The molecule has 0 fully saturated rings. The van der Waals surface area contributed by atoms with E-state index in [9.17, 15) is 0 Å². The van der Waals surface area contributed by atoms with E-state index in [1.54, 1.807) is 13.3 Å². The third kappa shape index (κ3) is 2.98. The van der Waals surface area contributed by atoms with E-state index in [0.717, 1.165) is 28.6 Å². The molecule has 2 rings (SSSR count). The maximum atomic E-state index is 4.96. The number of ether oxygens (including phenoxy) is 1. The van der Waals surface area contributed by atoms with Crippen LogP contribution in [-0.4, -0.2) is 34.6 Å². The topological polar surface area (TPSA) is 59.9 Å². The van der Waals surface area contributed by atoms with Crippen LogP contribution >= 0.6 is 11.5 Å². The second-order valence-corrected chi connectivity index (χ2v) is 4.29. The Kier molecular flexibility index (Phi) is 4.00. The van der Waals surface area contributed by atoms with Crippen molar-refractivity contribution >= 4 is 16.7 Å². The van der Waals surface area contributed by atoms with Crippen molar-refractivity contribution in [3.63, 3.8) is 0 Å². The molecule has 2 aromatic rings. The molecule has 0 aromatic carbocycles. The largest absolute Gasteiger partial charge is 0.383 e. The molecule has 0 unspecified atom stereocenters. The maximum absolute atomic E-state index is 4.96. The third-order valence-electron chi connectivity index (χ3n) is 2.27. The molecule has 90 valence electrons. The standard InChI is InChI=1S/C11H14N4OS/c1-8-7-12-4-3-9(8)10-14-11(17-15-10)13-5-6-16-2/h3-4,7H,5-6H2,1-2H3,(H,13,14,15). The highest BCUT2D eigenvalue weighted by molar-refractivity contribution is 7.09. The highest BCUT2D eigenvalue weighted by Gasteiger charge is 2.08. The smallest absolute Gasteiger partial charge is 0.202 e. The van der Waals surface area contributed by atoms with Gasteiger partial charge in [0.05, 0.1) is 6.61 Å². The molecule has 2 aromatic heterocycles. The van der Waals surface area contributed by atoms with Gasteiger partial charge in [-0.2, -0.15) is 9.36 Å². The Morgan fingerprint density at radius 3 is 3.12 bits per heavy atom. The fraction of sp³-hybridized carbons (Fsp3) is 0.364. The highest BCUT2D eigenvalue weighted by Crippen LogP contribution is 2.22. The number of aryl methyl sites for hydroxylation is 1. The van der Waals surface area contributed by atoms with E-state index >= 15 is 0 Å². The summed E-state index contributed by atoms with van der Waals surface area (Å²) in [6, 6.07) is 1.93. The Morgan fingerprint density at radius 1 is 1.47 bits per heavy atom. The van der Waals surface area contributed by atoms with Gasteiger partial charge < -0.3 is 10.1 Å². The Hall–Kier alpha value is -1.53. The first-order valence-electron chi connectivity index (χ1n) is 5.29. The SMILES string of the molecule is COCCNc1nc(-c2ccncc2C)ns1. The summed E-state index contributed by atoms with van der Waals surface area (Å²) in [4.78, 5) is 8.48. The number of hydrogen-bond donors (Lipinski definition) is 1. The summed E-state index contributed by atoms with van der Waals surface area (Å²) in [7, 11) is 1.67. The van der Waals surface area contributed by atoms with Crippen molar-refractivity contribution in [2.75, 3.05) is 25.6 Å². The average Bonchev–Trinajstić information content (AvgIpc) is 2.79. The lowest BCUT2D eigenvalue weighted by Crippen LogP contribution is -2.07. The van der Waals surface area contributed by atoms with Crippen molar-refractivity contribution in [3.8, 4) is 11.4 Å². The minimum absolute atomic E-state index is 0.656. The lowest BCUT2D eigenvalue weighted by atomic mass is 10.1. The molecule has 0 aliphatic carbocycles. The Bertz CT molecular complexity index is 486. The van der Waals surface area contributed by atoms with Crippen LogP contribution in [0.1, 0.15) is 5.56 Å². The molecule has 5 nitrogen and oxygen atoms in total. The zero-order valence-corrected chi connectivity index (χ0v) is 10.6. The van der Waals surface area contributed by atoms with Gasteiger partial charge >= 0.3 is 0 Å². The van der Waals surface area contributed by atoms with E-state index in [-0.39, 0.29) is 0 Å². The summed E-state index contributed by atoms with van der Waals surface area (Å²) in [6.07, 6.45) is 3.57. The summed E-state index contributed by atoms with van der Waals surface area (Å²) >= 11 is 1.36. The molecule has 0 amide bonds. The first-order valence-corrected chi connectivity index (χ1v) is 6.06. The quantitative estimate of drug-likeness (QED) is 0.822. The molecule has 0 radical (unpaired) electrons. The van der Waals surface area contributed by atoms with Crippen LogP contribution in [-0.2, 0) is 4.74 Å². The molecule has 2 heterocycles. The molecular formula is C11H14N4OS. The Balaban J connectivity index is 2.10. The minimum Gasteiger partial charge on any atom is -0.383 e. The second kappa shape index (κ2) is 5.70. The van der Waals surface area contributed by atoms with Crippen LogP contribution in [0, 0.1) is 6.92 Å². The van der Waals surface area contributed by atoms with Gasteiger partial charge in [-0.15, -0.1) is 0 Å². The average molecular weight is 250 g/mol. The van der Waals surface area contributed by atoms with E-state index in [1.165, 1.54) is 11.5 Å². The van der Waals surface area contributed by atoms with Crippen LogP contribution in [0.25, 0.3) is 11.4 Å². The fourth-order valence-electron chi connectivity index (χ4n) is 1.39. The first-order chi connectivity index (χ1) is 8.31. The predicted octanol–water partition coefficient (Wildman–Crippen LogP) is 1.97. The molecule has 0 atom stereocenters. The monoisotopic (exact) mass is 250 g/mol. The zero-order chi connectivity index (χ0) is 12.1. The predicted molar refractivity (Wildman–Crippen MR) is 68.2 cm³/mol. The van der Waals surface area contributed by atoms with Gasteiger partial charge in [-0.05, 0) is 18.6 Å². The summed E-state index contributed by atoms with van der Waals surface area (Å²) in [5.74, 6) is 0.745. The molecule has 6 heteroatoms. The van der Waals surface area contributed by atoms with Gasteiger partial charge in [-0.25, -0.2) is 0 Å². The molecule has 0 aliphatic rings. The van der Waals surface area contributed by atoms with Gasteiger partial charge in [-0.1, -0.05) is 0 Å². The summed E-state index contributed by atoms with van der Waals surface area (Å²) in [5.41, 5.74) is 2.10. The van der Waals surface area contributed by atoms with Crippen molar-refractivity contribution in [2.45, 2.75) is 6.92 Å². The molecule has 0 spiro atoms. The summed E-state index contributed by atoms with van der Waals surface area (Å²) in [5, 5.41) is 3.97. The van der Waals surface area contributed by atoms with Crippen molar-refractivity contribution in [2.24, 2.45) is 0 Å². The van der Waals surface area contributed by atoms with Crippen LogP contribution < -0.4 is 5.32 Å². The number of anilines is 1. The van der Waals surface area contributed by atoms with E-state index in [0.29, 0.717) is 6.61 Å². The number of pyridine rings is 1. The van der Waals surface area contributed by atoms with Crippen molar-refractivity contribution < 1.29 is 4.74 Å². The van der Waals surface area contributed by atoms with Crippen molar-refractivity contribution in [1.82, 2.24) is 14.3 Å². The number of aromatic nitrogens is 3. The minimum atomic E-state index is 0.656. The Morgan fingerprint density at radius 2 is 2.35 bits per heavy atom. The van der Waals surface area contributed by atoms with Crippen molar-refractivity contribution in [1.29, 1.82) is 0 Å². The number of nitrogens with zero attached hydrogens (tertiary/aromatic N) is 3. The third-order valence-corrected chi connectivity index (χ3v) is 2.94. The van der Waals surface area contributed by atoms with E-state index in [2.05, 4.69) is 19.7 Å².